The van der Waals surface area contributed by atoms with Crippen molar-refractivity contribution < 1.29 is 0 Å². The van der Waals surface area contributed by atoms with Gasteiger partial charge in [-0.05, 0) is 44.0 Å². The van der Waals surface area contributed by atoms with Crippen LogP contribution >= 0.6 is 0 Å². The summed E-state index contributed by atoms with van der Waals surface area (Å²) in [6, 6.07) is 4.83. The summed E-state index contributed by atoms with van der Waals surface area (Å²) in [6.07, 6.45) is 7.65. The predicted molar refractivity (Wildman–Crippen MR) is 61.6 cm³/mol. The fourth-order valence-electron chi connectivity index (χ4n) is 2.01. The first-order chi connectivity index (χ1) is 7.45. The van der Waals surface area contributed by atoms with E-state index in [4.69, 9.17) is 0 Å². The van der Waals surface area contributed by atoms with Gasteiger partial charge < -0.3 is 10.6 Å². The Balaban J connectivity index is 1.59. The molecule has 0 saturated carbocycles. The molecule has 1 aromatic rings. The van der Waals surface area contributed by atoms with Gasteiger partial charge in [0.15, 0.2) is 0 Å². The van der Waals surface area contributed by atoms with Crippen molar-refractivity contribution >= 4 is 0 Å². The summed E-state index contributed by atoms with van der Waals surface area (Å²) in [7, 11) is 0. The van der Waals surface area contributed by atoms with E-state index in [-0.39, 0.29) is 0 Å². The van der Waals surface area contributed by atoms with Crippen LogP contribution in [0.1, 0.15) is 24.8 Å². The van der Waals surface area contributed by atoms with Crippen LogP contribution in [0.5, 0.6) is 0 Å². The van der Waals surface area contributed by atoms with Crippen molar-refractivity contribution in [3.8, 4) is 0 Å². The van der Waals surface area contributed by atoms with Crippen LogP contribution in [0.25, 0.3) is 0 Å². The van der Waals surface area contributed by atoms with E-state index in [1.54, 1.807) is 0 Å². The van der Waals surface area contributed by atoms with Crippen LogP contribution in [0, 0.1) is 0 Å². The monoisotopic (exact) mass is 205 g/mol. The highest BCUT2D eigenvalue weighted by molar-refractivity contribution is 5.07. The first-order valence-corrected chi connectivity index (χ1v) is 5.78. The Morgan fingerprint density at radius 2 is 2.53 bits per heavy atom. The van der Waals surface area contributed by atoms with E-state index in [1.165, 1.54) is 31.4 Å². The van der Waals surface area contributed by atoms with Crippen LogP contribution in [0.2, 0.25) is 0 Å². The molecule has 0 aliphatic carbocycles. The highest BCUT2D eigenvalue weighted by atomic mass is 14.9. The second kappa shape index (κ2) is 5.83. The van der Waals surface area contributed by atoms with E-state index in [0.29, 0.717) is 0 Å². The van der Waals surface area contributed by atoms with Gasteiger partial charge in [0.05, 0.1) is 0 Å². The molecule has 2 rings (SSSR count). The standard InChI is InChI=1S/C12H19N3/c1-3-11(9-13-6-1)10-14-8-5-12-4-2-7-15-12/h1,3,6,9,12,14-15H,2,4-5,7-8,10H2. The molecule has 3 heteroatoms. The summed E-state index contributed by atoms with van der Waals surface area (Å²) in [4.78, 5) is 4.09. The Morgan fingerprint density at radius 1 is 1.53 bits per heavy atom. The largest absolute Gasteiger partial charge is 0.314 e. The third kappa shape index (κ3) is 3.61. The Labute approximate surface area is 91.3 Å². The first kappa shape index (κ1) is 10.6. The lowest BCUT2D eigenvalue weighted by Gasteiger charge is -2.10. The molecule has 1 aromatic heterocycles. The molecular weight excluding hydrogens is 186 g/mol. The van der Waals surface area contributed by atoms with Gasteiger partial charge in [-0.1, -0.05) is 6.07 Å². The van der Waals surface area contributed by atoms with E-state index in [0.717, 1.165) is 19.1 Å². The molecule has 82 valence electrons. The summed E-state index contributed by atoms with van der Waals surface area (Å²) in [5.74, 6) is 0. The third-order valence-corrected chi connectivity index (χ3v) is 2.88. The number of pyridine rings is 1. The van der Waals surface area contributed by atoms with E-state index in [9.17, 15) is 0 Å². The molecule has 1 aliphatic rings. The topological polar surface area (TPSA) is 37.0 Å². The lowest BCUT2D eigenvalue weighted by Crippen LogP contribution is -2.26. The van der Waals surface area contributed by atoms with Crippen LogP contribution in [0.15, 0.2) is 24.5 Å². The second-order valence-electron chi connectivity index (χ2n) is 4.12. The molecule has 1 unspecified atom stereocenters. The van der Waals surface area contributed by atoms with Crippen LogP contribution in [0.3, 0.4) is 0 Å². The molecule has 1 atom stereocenters. The summed E-state index contributed by atoms with van der Waals surface area (Å²) in [5, 5.41) is 6.95. The maximum atomic E-state index is 4.09. The molecule has 2 heterocycles. The molecule has 0 aromatic carbocycles. The Morgan fingerprint density at radius 3 is 3.27 bits per heavy atom. The van der Waals surface area contributed by atoms with Crippen molar-refractivity contribution in [2.75, 3.05) is 13.1 Å². The molecule has 2 N–H and O–H groups in total. The van der Waals surface area contributed by atoms with Gasteiger partial charge in [-0.25, -0.2) is 0 Å². The molecule has 0 bridgehead atoms. The highest BCUT2D eigenvalue weighted by Gasteiger charge is 2.12. The molecule has 1 saturated heterocycles. The molecule has 1 aliphatic heterocycles. The fourth-order valence-corrected chi connectivity index (χ4v) is 2.01. The zero-order chi connectivity index (χ0) is 10.3. The van der Waals surface area contributed by atoms with Gasteiger partial charge in [0, 0.05) is 25.0 Å². The van der Waals surface area contributed by atoms with E-state index >= 15 is 0 Å². The first-order valence-electron chi connectivity index (χ1n) is 5.78. The van der Waals surface area contributed by atoms with Crippen LogP contribution in [-0.2, 0) is 6.54 Å². The molecule has 0 radical (unpaired) electrons. The van der Waals surface area contributed by atoms with Crippen LogP contribution in [-0.4, -0.2) is 24.1 Å². The summed E-state index contributed by atoms with van der Waals surface area (Å²) < 4.78 is 0. The summed E-state index contributed by atoms with van der Waals surface area (Å²) in [5.41, 5.74) is 1.26. The average Bonchev–Trinajstić information content (AvgIpc) is 2.79. The smallest absolute Gasteiger partial charge is 0.0312 e. The van der Waals surface area contributed by atoms with Gasteiger partial charge >= 0.3 is 0 Å². The fraction of sp³-hybridized carbons (Fsp3) is 0.583. The van der Waals surface area contributed by atoms with Gasteiger partial charge in [-0.3, -0.25) is 4.98 Å². The van der Waals surface area contributed by atoms with Crippen LogP contribution in [0.4, 0.5) is 0 Å². The highest BCUT2D eigenvalue weighted by Crippen LogP contribution is 2.07. The number of hydrogen-bond acceptors (Lipinski definition) is 3. The second-order valence-corrected chi connectivity index (χ2v) is 4.12. The van der Waals surface area contributed by atoms with Crippen molar-refractivity contribution in [3.05, 3.63) is 30.1 Å². The number of nitrogens with zero attached hydrogens (tertiary/aromatic N) is 1. The van der Waals surface area contributed by atoms with Crippen molar-refractivity contribution in [1.29, 1.82) is 0 Å². The number of aromatic nitrogens is 1. The predicted octanol–water partition coefficient (Wildman–Crippen LogP) is 1.31. The van der Waals surface area contributed by atoms with E-state index < -0.39 is 0 Å². The molecule has 0 amide bonds. The van der Waals surface area contributed by atoms with Crippen molar-refractivity contribution in [2.24, 2.45) is 0 Å². The van der Waals surface area contributed by atoms with Gasteiger partial charge in [0.2, 0.25) is 0 Å². The zero-order valence-corrected chi connectivity index (χ0v) is 9.08. The minimum Gasteiger partial charge on any atom is -0.314 e. The van der Waals surface area contributed by atoms with Crippen molar-refractivity contribution in [1.82, 2.24) is 15.6 Å². The normalized spacial score (nSPS) is 20.7. The zero-order valence-electron chi connectivity index (χ0n) is 9.08. The molecule has 1 fully saturated rings. The Hall–Kier alpha value is -0.930. The SMILES string of the molecule is c1cncc(CNCCC2CCCN2)c1. The minimum atomic E-state index is 0.742. The lowest BCUT2D eigenvalue weighted by molar-refractivity contribution is 0.523. The Kier molecular flexibility index (Phi) is 4.11. The Bertz CT molecular complexity index is 267. The number of rotatable bonds is 5. The summed E-state index contributed by atoms with van der Waals surface area (Å²) >= 11 is 0. The van der Waals surface area contributed by atoms with Gasteiger partial charge in [-0.15, -0.1) is 0 Å². The molecule has 15 heavy (non-hydrogen) atoms. The maximum Gasteiger partial charge on any atom is 0.0312 e. The van der Waals surface area contributed by atoms with Crippen molar-refractivity contribution in [3.63, 3.8) is 0 Å². The number of hydrogen-bond donors (Lipinski definition) is 2. The molecular formula is C12H19N3. The molecule has 0 spiro atoms. The number of nitrogens with one attached hydrogen (secondary N) is 2. The quantitative estimate of drug-likeness (QED) is 0.712. The van der Waals surface area contributed by atoms with Crippen molar-refractivity contribution in [2.45, 2.75) is 31.8 Å². The maximum absolute atomic E-state index is 4.09. The lowest BCUT2D eigenvalue weighted by atomic mass is 10.1. The van der Waals surface area contributed by atoms with Crippen LogP contribution < -0.4 is 10.6 Å². The van der Waals surface area contributed by atoms with Gasteiger partial charge in [-0.2, -0.15) is 0 Å². The molecule has 3 nitrogen and oxygen atoms in total. The average molecular weight is 205 g/mol. The van der Waals surface area contributed by atoms with Gasteiger partial charge in [0.1, 0.15) is 0 Å². The third-order valence-electron chi connectivity index (χ3n) is 2.88. The minimum absolute atomic E-state index is 0.742. The van der Waals surface area contributed by atoms with E-state index in [1.807, 2.05) is 18.5 Å². The summed E-state index contributed by atoms with van der Waals surface area (Å²) in [6.45, 7) is 3.22. The van der Waals surface area contributed by atoms with E-state index in [2.05, 4.69) is 21.7 Å². The van der Waals surface area contributed by atoms with Gasteiger partial charge in [0.25, 0.3) is 0 Å².